The van der Waals surface area contributed by atoms with Crippen LogP contribution < -0.4 is 0 Å². The van der Waals surface area contributed by atoms with E-state index in [4.69, 9.17) is 9.84 Å². The molecule has 0 aromatic carbocycles. The fraction of sp³-hybridized carbons (Fsp3) is 0.556. The summed E-state index contributed by atoms with van der Waals surface area (Å²) >= 11 is 0. The second-order valence-electron chi connectivity index (χ2n) is 2.37. The molecule has 64 valence electrons. The molecule has 0 amide bonds. The molecule has 1 N–H and O–H groups in total. The topological polar surface area (TPSA) is 29.5 Å². The van der Waals surface area contributed by atoms with Crippen molar-refractivity contribution in [3.8, 4) is 0 Å². The maximum absolute atomic E-state index is 8.94. The van der Waals surface area contributed by atoms with Crippen molar-refractivity contribution in [2.45, 2.75) is 18.9 Å². The fourth-order valence-corrected chi connectivity index (χ4v) is 0.668. The highest BCUT2D eigenvalue weighted by Crippen LogP contribution is 2.13. The Balaban J connectivity index is 4.05. The minimum Gasteiger partial charge on any atom is -0.393 e. The zero-order valence-electron chi connectivity index (χ0n) is 7.05. The summed E-state index contributed by atoms with van der Waals surface area (Å²) in [6, 6.07) is 0. The number of aliphatic hydroxyl groups is 1. The molecule has 0 aromatic rings. The van der Waals surface area contributed by atoms with Gasteiger partial charge in [-0.2, -0.15) is 0 Å². The van der Waals surface area contributed by atoms with E-state index in [1.165, 1.54) is 0 Å². The summed E-state index contributed by atoms with van der Waals surface area (Å²) in [6.07, 6.45) is 4.05. The first-order valence-corrected chi connectivity index (χ1v) is 3.76. The zero-order chi connectivity index (χ0) is 8.74. The van der Waals surface area contributed by atoms with Gasteiger partial charge < -0.3 is 9.84 Å². The van der Waals surface area contributed by atoms with E-state index in [1.54, 1.807) is 12.2 Å². The standard InChI is InChI=1S/C9H16O2/c1-4-7-11-9(5-2,6-3)8-10/h5-6,10H,2-4,7-8H2,1H3. The van der Waals surface area contributed by atoms with E-state index >= 15 is 0 Å². The first-order chi connectivity index (χ1) is 5.24. The molecule has 0 fully saturated rings. The Bertz CT molecular complexity index is 122. The molecule has 0 aliphatic rings. The third kappa shape index (κ3) is 2.87. The van der Waals surface area contributed by atoms with Crippen molar-refractivity contribution in [2.75, 3.05) is 13.2 Å². The lowest BCUT2D eigenvalue weighted by Gasteiger charge is -2.24. The smallest absolute Gasteiger partial charge is 0.127 e. The van der Waals surface area contributed by atoms with Gasteiger partial charge in [-0.1, -0.05) is 32.2 Å². The monoisotopic (exact) mass is 156 g/mol. The van der Waals surface area contributed by atoms with Crippen molar-refractivity contribution in [3.63, 3.8) is 0 Å². The van der Waals surface area contributed by atoms with Gasteiger partial charge in [-0.15, -0.1) is 0 Å². The molecule has 0 aromatic heterocycles. The lowest BCUT2D eigenvalue weighted by Crippen LogP contribution is -2.32. The summed E-state index contributed by atoms with van der Waals surface area (Å²) in [7, 11) is 0. The van der Waals surface area contributed by atoms with E-state index in [9.17, 15) is 0 Å². The van der Waals surface area contributed by atoms with Crippen molar-refractivity contribution in [1.82, 2.24) is 0 Å². The van der Waals surface area contributed by atoms with Crippen LogP contribution in [0.15, 0.2) is 25.3 Å². The molecule has 0 heterocycles. The Kier molecular flexibility index (Phi) is 4.83. The van der Waals surface area contributed by atoms with E-state index in [-0.39, 0.29) is 6.61 Å². The largest absolute Gasteiger partial charge is 0.393 e. The number of rotatable bonds is 6. The summed E-state index contributed by atoms with van der Waals surface area (Å²) in [6.45, 7) is 9.66. The van der Waals surface area contributed by atoms with Gasteiger partial charge in [0.1, 0.15) is 5.60 Å². The van der Waals surface area contributed by atoms with Gasteiger partial charge in [-0.25, -0.2) is 0 Å². The molecular weight excluding hydrogens is 140 g/mol. The molecule has 0 aliphatic heterocycles. The van der Waals surface area contributed by atoms with Crippen molar-refractivity contribution < 1.29 is 9.84 Å². The quantitative estimate of drug-likeness (QED) is 0.591. The molecule has 11 heavy (non-hydrogen) atoms. The number of hydrogen-bond acceptors (Lipinski definition) is 2. The maximum atomic E-state index is 8.94. The molecule has 0 saturated heterocycles. The van der Waals surface area contributed by atoms with Crippen LogP contribution in [0.4, 0.5) is 0 Å². The Hall–Kier alpha value is -0.600. The third-order valence-electron chi connectivity index (χ3n) is 1.51. The van der Waals surface area contributed by atoms with Gasteiger partial charge in [0.2, 0.25) is 0 Å². The van der Waals surface area contributed by atoms with Crippen LogP contribution in [0.1, 0.15) is 13.3 Å². The van der Waals surface area contributed by atoms with Crippen molar-refractivity contribution in [3.05, 3.63) is 25.3 Å². The Morgan fingerprint density at radius 2 is 2.00 bits per heavy atom. The predicted molar refractivity (Wildman–Crippen MR) is 46.5 cm³/mol. The van der Waals surface area contributed by atoms with Gasteiger partial charge >= 0.3 is 0 Å². The van der Waals surface area contributed by atoms with E-state index in [1.807, 2.05) is 6.92 Å². The summed E-state index contributed by atoms with van der Waals surface area (Å²) in [5.41, 5.74) is -0.740. The lowest BCUT2D eigenvalue weighted by atomic mass is 10.1. The fourth-order valence-electron chi connectivity index (χ4n) is 0.668. The second-order valence-corrected chi connectivity index (χ2v) is 2.37. The van der Waals surface area contributed by atoms with E-state index in [2.05, 4.69) is 13.2 Å². The molecule has 0 saturated carbocycles. The van der Waals surface area contributed by atoms with Crippen LogP contribution in [-0.2, 0) is 4.74 Å². The Morgan fingerprint density at radius 1 is 1.45 bits per heavy atom. The summed E-state index contributed by atoms with van der Waals surface area (Å²) in [5.74, 6) is 0. The van der Waals surface area contributed by atoms with Gasteiger partial charge in [0, 0.05) is 6.61 Å². The average molecular weight is 156 g/mol. The average Bonchev–Trinajstić information content (AvgIpc) is 2.08. The molecule has 0 rings (SSSR count). The number of aliphatic hydroxyl groups excluding tert-OH is 1. The van der Waals surface area contributed by atoms with Gasteiger partial charge in [0.15, 0.2) is 0 Å². The van der Waals surface area contributed by atoms with Gasteiger partial charge in [-0.3, -0.25) is 0 Å². The molecule has 0 spiro atoms. The van der Waals surface area contributed by atoms with Crippen molar-refractivity contribution in [2.24, 2.45) is 0 Å². The van der Waals surface area contributed by atoms with E-state index in [0.717, 1.165) is 6.42 Å². The molecule has 0 radical (unpaired) electrons. The maximum Gasteiger partial charge on any atom is 0.127 e. The first kappa shape index (κ1) is 10.4. The van der Waals surface area contributed by atoms with Gasteiger partial charge in [-0.05, 0) is 6.42 Å². The first-order valence-electron chi connectivity index (χ1n) is 3.76. The minimum absolute atomic E-state index is 0.0972. The summed E-state index contributed by atoms with van der Waals surface area (Å²) < 4.78 is 5.34. The lowest BCUT2D eigenvalue weighted by molar-refractivity contribution is -0.0110. The normalized spacial score (nSPS) is 11.1. The van der Waals surface area contributed by atoms with Gasteiger partial charge in [0.05, 0.1) is 6.61 Å². The molecule has 0 bridgehead atoms. The molecule has 0 atom stereocenters. The SMILES string of the molecule is C=CC(C=C)(CO)OCCC. The molecular formula is C9H16O2. The summed E-state index contributed by atoms with van der Waals surface area (Å²) in [4.78, 5) is 0. The molecule has 0 unspecified atom stereocenters. The highest BCUT2D eigenvalue weighted by atomic mass is 16.5. The zero-order valence-corrected chi connectivity index (χ0v) is 7.05. The van der Waals surface area contributed by atoms with Gasteiger partial charge in [0.25, 0.3) is 0 Å². The van der Waals surface area contributed by atoms with Crippen molar-refractivity contribution in [1.29, 1.82) is 0 Å². The molecule has 2 nitrogen and oxygen atoms in total. The molecule has 0 aliphatic carbocycles. The van der Waals surface area contributed by atoms with Crippen LogP contribution in [0.2, 0.25) is 0 Å². The van der Waals surface area contributed by atoms with Crippen LogP contribution in [0.5, 0.6) is 0 Å². The van der Waals surface area contributed by atoms with Crippen LogP contribution in [0.3, 0.4) is 0 Å². The van der Waals surface area contributed by atoms with E-state index < -0.39 is 5.60 Å². The van der Waals surface area contributed by atoms with Crippen molar-refractivity contribution >= 4 is 0 Å². The van der Waals surface area contributed by atoms with E-state index in [0.29, 0.717) is 6.61 Å². The Morgan fingerprint density at radius 3 is 2.27 bits per heavy atom. The van der Waals surface area contributed by atoms with Crippen LogP contribution >= 0.6 is 0 Å². The highest BCUT2D eigenvalue weighted by Gasteiger charge is 2.20. The van der Waals surface area contributed by atoms with Crippen LogP contribution in [0.25, 0.3) is 0 Å². The molecule has 2 heteroatoms. The summed E-state index contributed by atoms with van der Waals surface area (Å²) in [5, 5.41) is 8.94. The predicted octanol–water partition coefficient (Wildman–Crippen LogP) is 1.52. The Labute approximate surface area is 68.2 Å². The van der Waals surface area contributed by atoms with Crippen LogP contribution in [-0.4, -0.2) is 23.9 Å². The third-order valence-corrected chi connectivity index (χ3v) is 1.51. The van der Waals surface area contributed by atoms with Crippen LogP contribution in [0, 0.1) is 0 Å². The number of hydrogen-bond donors (Lipinski definition) is 1. The second kappa shape index (κ2) is 5.10. The number of ether oxygens (including phenoxy) is 1. The highest BCUT2D eigenvalue weighted by molar-refractivity contribution is 5.09. The minimum atomic E-state index is -0.740.